The predicted octanol–water partition coefficient (Wildman–Crippen LogP) is 1.48. The summed E-state index contributed by atoms with van der Waals surface area (Å²) < 4.78 is 1.90. The van der Waals surface area contributed by atoms with Crippen molar-refractivity contribution in [1.82, 2.24) is 19.7 Å². The maximum atomic E-state index is 5.69. The Morgan fingerprint density at radius 3 is 2.79 bits per heavy atom. The molecule has 2 aromatic rings. The second-order valence-electron chi connectivity index (χ2n) is 4.18. The lowest BCUT2D eigenvalue weighted by Gasteiger charge is -2.08. The van der Waals surface area contributed by atoms with E-state index in [0.29, 0.717) is 17.2 Å². The van der Waals surface area contributed by atoms with Crippen molar-refractivity contribution in [2.75, 3.05) is 0 Å². The lowest BCUT2D eigenvalue weighted by atomic mass is 10.2. The topological polar surface area (TPSA) is 69.6 Å². The van der Waals surface area contributed by atoms with Gasteiger partial charge in [-0.05, 0) is 6.07 Å². The first-order valence-electron chi connectivity index (χ1n) is 6.32. The van der Waals surface area contributed by atoms with Gasteiger partial charge in [-0.1, -0.05) is 32.1 Å². The number of pyridine rings is 1. The van der Waals surface area contributed by atoms with E-state index in [1.54, 1.807) is 6.20 Å². The van der Waals surface area contributed by atoms with Crippen molar-refractivity contribution in [3.63, 3.8) is 0 Å². The summed E-state index contributed by atoms with van der Waals surface area (Å²) in [4.78, 5) is 9.02. The second-order valence-corrected chi connectivity index (χ2v) is 4.62. The Labute approximate surface area is 117 Å². The fourth-order valence-corrected chi connectivity index (χ4v) is 2.10. The molecule has 0 radical (unpaired) electrons. The van der Waals surface area contributed by atoms with E-state index in [0.717, 1.165) is 30.1 Å². The van der Waals surface area contributed by atoms with Gasteiger partial charge in [-0.25, -0.2) is 9.67 Å². The van der Waals surface area contributed by atoms with E-state index in [2.05, 4.69) is 22.0 Å². The zero-order valence-electron chi connectivity index (χ0n) is 11.1. The van der Waals surface area contributed by atoms with Crippen LogP contribution >= 0.6 is 12.2 Å². The molecule has 2 N–H and O–H groups in total. The molecule has 0 amide bonds. The number of hydrogen-bond acceptors (Lipinski definition) is 4. The standard InChI is InChI=1S/C13H17N5S/c1-3-10-16-11(4-2)18(17-10)8-9-6-5-7-15-12(9)13(14)19/h5-7H,3-4,8H2,1-2H3,(H2,14,19). The molecular weight excluding hydrogens is 258 g/mol. The quantitative estimate of drug-likeness (QED) is 0.837. The minimum atomic E-state index is 0.310. The molecule has 19 heavy (non-hydrogen) atoms. The van der Waals surface area contributed by atoms with Gasteiger partial charge in [0.25, 0.3) is 0 Å². The normalized spacial score (nSPS) is 10.6. The van der Waals surface area contributed by atoms with Crippen molar-refractivity contribution in [3.8, 4) is 0 Å². The van der Waals surface area contributed by atoms with Gasteiger partial charge < -0.3 is 5.73 Å². The summed E-state index contributed by atoms with van der Waals surface area (Å²) in [5.41, 5.74) is 7.32. The van der Waals surface area contributed by atoms with E-state index in [1.165, 1.54) is 0 Å². The van der Waals surface area contributed by atoms with E-state index in [-0.39, 0.29) is 0 Å². The molecule has 5 nitrogen and oxygen atoms in total. The molecule has 2 rings (SSSR count). The van der Waals surface area contributed by atoms with Crippen LogP contribution in [0.2, 0.25) is 0 Å². The first kappa shape index (κ1) is 13.6. The number of rotatable bonds is 5. The van der Waals surface area contributed by atoms with Gasteiger partial charge in [0.15, 0.2) is 5.82 Å². The Balaban J connectivity index is 2.35. The van der Waals surface area contributed by atoms with Crippen LogP contribution in [0.5, 0.6) is 0 Å². The van der Waals surface area contributed by atoms with Gasteiger partial charge in [0.2, 0.25) is 0 Å². The maximum absolute atomic E-state index is 5.69. The molecule has 0 saturated heterocycles. The van der Waals surface area contributed by atoms with Crippen LogP contribution in [0.25, 0.3) is 0 Å². The zero-order valence-corrected chi connectivity index (χ0v) is 11.9. The first-order valence-corrected chi connectivity index (χ1v) is 6.72. The molecular formula is C13H17N5S. The molecule has 0 aliphatic rings. The van der Waals surface area contributed by atoms with E-state index in [1.807, 2.05) is 23.7 Å². The molecule has 0 saturated carbocycles. The predicted molar refractivity (Wildman–Crippen MR) is 78.0 cm³/mol. The molecule has 0 bridgehead atoms. The van der Waals surface area contributed by atoms with Crippen LogP contribution in [0.15, 0.2) is 18.3 Å². The Kier molecular flexibility index (Phi) is 4.21. The van der Waals surface area contributed by atoms with Crippen molar-refractivity contribution < 1.29 is 0 Å². The van der Waals surface area contributed by atoms with Crippen LogP contribution < -0.4 is 5.73 Å². The van der Waals surface area contributed by atoms with Crippen molar-refractivity contribution >= 4 is 17.2 Å². The van der Waals surface area contributed by atoms with Gasteiger partial charge in [0, 0.05) is 24.6 Å². The molecule has 0 unspecified atom stereocenters. The minimum Gasteiger partial charge on any atom is -0.388 e. The van der Waals surface area contributed by atoms with E-state index in [9.17, 15) is 0 Å². The third-order valence-electron chi connectivity index (χ3n) is 2.87. The lowest BCUT2D eigenvalue weighted by Crippen LogP contribution is -2.17. The highest BCUT2D eigenvalue weighted by atomic mass is 32.1. The van der Waals surface area contributed by atoms with Crippen LogP contribution in [0, 0.1) is 0 Å². The number of aromatic nitrogens is 4. The van der Waals surface area contributed by atoms with Crippen LogP contribution in [0.3, 0.4) is 0 Å². The third kappa shape index (κ3) is 2.96. The van der Waals surface area contributed by atoms with Gasteiger partial charge in [-0.3, -0.25) is 4.98 Å². The average molecular weight is 275 g/mol. The Morgan fingerprint density at radius 2 is 2.16 bits per heavy atom. The SMILES string of the molecule is CCc1nc(CC)n(Cc2cccnc2C(N)=S)n1. The van der Waals surface area contributed by atoms with Gasteiger partial charge >= 0.3 is 0 Å². The van der Waals surface area contributed by atoms with Crippen LogP contribution in [0.4, 0.5) is 0 Å². The summed E-state index contributed by atoms with van der Waals surface area (Å²) >= 11 is 5.03. The maximum Gasteiger partial charge on any atom is 0.150 e. The molecule has 6 heteroatoms. The van der Waals surface area contributed by atoms with Crippen molar-refractivity contribution in [2.45, 2.75) is 33.2 Å². The average Bonchev–Trinajstić information content (AvgIpc) is 2.81. The Bertz CT molecular complexity index is 590. The summed E-state index contributed by atoms with van der Waals surface area (Å²) in [6, 6.07) is 3.84. The van der Waals surface area contributed by atoms with Crippen LogP contribution in [-0.4, -0.2) is 24.7 Å². The van der Waals surface area contributed by atoms with Gasteiger partial charge in [-0.15, -0.1) is 0 Å². The van der Waals surface area contributed by atoms with Gasteiger partial charge in [0.05, 0.1) is 6.54 Å². The largest absolute Gasteiger partial charge is 0.388 e. The number of aryl methyl sites for hydroxylation is 2. The van der Waals surface area contributed by atoms with Crippen molar-refractivity contribution in [3.05, 3.63) is 41.2 Å². The Morgan fingerprint density at radius 1 is 1.37 bits per heavy atom. The summed E-state index contributed by atoms with van der Waals surface area (Å²) in [5, 5.41) is 4.49. The lowest BCUT2D eigenvalue weighted by molar-refractivity contribution is 0.635. The molecule has 2 heterocycles. The molecule has 2 aromatic heterocycles. The summed E-state index contributed by atoms with van der Waals surface area (Å²) in [6.45, 7) is 4.71. The smallest absolute Gasteiger partial charge is 0.150 e. The number of thiocarbonyl (C=S) groups is 1. The first-order chi connectivity index (χ1) is 9.15. The van der Waals surface area contributed by atoms with Crippen LogP contribution in [0.1, 0.15) is 36.8 Å². The second kappa shape index (κ2) is 5.88. The third-order valence-corrected chi connectivity index (χ3v) is 3.06. The van der Waals surface area contributed by atoms with Gasteiger partial charge in [0.1, 0.15) is 16.5 Å². The fourth-order valence-electron chi connectivity index (χ4n) is 1.91. The molecule has 0 aliphatic carbocycles. The number of nitrogens with zero attached hydrogens (tertiary/aromatic N) is 4. The van der Waals surface area contributed by atoms with E-state index < -0.39 is 0 Å². The zero-order chi connectivity index (χ0) is 13.8. The fraction of sp³-hybridized carbons (Fsp3) is 0.385. The highest BCUT2D eigenvalue weighted by Gasteiger charge is 2.11. The van der Waals surface area contributed by atoms with Crippen LogP contribution in [-0.2, 0) is 19.4 Å². The highest BCUT2D eigenvalue weighted by Crippen LogP contribution is 2.10. The molecule has 100 valence electrons. The molecule has 0 spiro atoms. The summed E-state index contributed by atoms with van der Waals surface area (Å²) in [5.74, 6) is 1.83. The van der Waals surface area contributed by atoms with E-state index in [4.69, 9.17) is 18.0 Å². The van der Waals surface area contributed by atoms with Crippen molar-refractivity contribution in [1.29, 1.82) is 0 Å². The molecule has 0 atom stereocenters. The molecule has 0 fully saturated rings. The minimum absolute atomic E-state index is 0.310. The monoisotopic (exact) mass is 275 g/mol. The summed E-state index contributed by atoms with van der Waals surface area (Å²) in [6.07, 6.45) is 3.36. The number of nitrogens with two attached hydrogens (primary N) is 1. The molecule has 0 aromatic carbocycles. The van der Waals surface area contributed by atoms with E-state index >= 15 is 0 Å². The molecule has 0 aliphatic heterocycles. The Hall–Kier alpha value is -1.82. The number of hydrogen-bond donors (Lipinski definition) is 1. The van der Waals surface area contributed by atoms with Gasteiger partial charge in [-0.2, -0.15) is 5.10 Å². The summed E-state index contributed by atoms with van der Waals surface area (Å²) in [7, 11) is 0. The van der Waals surface area contributed by atoms with Crippen molar-refractivity contribution in [2.24, 2.45) is 5.73 Å². The highest BCUT2D eigenvalue weighted by molar-refractivity contribution is 7.80.